The van der Waals surface area contributed by atoms with E-state index < -0.39 is 5.97 Å². The molecule has 0 aromatic carbocycles. The molecule has 0 saturated carbocycles. The van der Waals surface area contributed by atoms with Gasteiger partial charge in [0.15, 0.2) is 5.82 Å². The summed E-state index contributed by atoms with van der Waals surface area (Å²) in [6, 6.07) is 0.684. The van der Waals surface area contributed by atoms with Crippen molar-refractivity contribution in [3.63, 3.8) is 0 Å². The van der Waals surface area contributed by atoms with Gasteiger partial charge in [0, 0.05) is 12.1 Å². The molecule has 0 spiro atoms. The first-order valence-corrected chi connectivity index (χ1v) is 6.82. The van der Waals surface area contributed by atoms with E-state index in [1.165, 1.54) is 0 Å². The van der Waals surface area contributed by atoms with E-state index in [9.17, 15) is 9.90 Å². The van der Waals surface area contributed by atoms with Crippen molar-refractivity contribution in [1.82, 2.24) is 10.2 Å². The van der Waals surface area contributed by atoms with Crippen LogP contribution in [0.3, 0.4) is 0 Å². The van der Waals surface area contributed by atoms with Crippen LogP contribution in [0.2, 0.25) is 0 Å². The Balaban J connectivity index is 2.55. The molecule has 1 aromatic rings. The molecule has 1 fully saturated rings. The Morgan fingerprint density at radius 3 is 2.63 bits per heavy atom. The standard InChI is InChI=1S/C14H21N3O2/c1-5-11-7-6-8(2)17(11)13-12(14(18)19)9(3)10(4)15-16-13/h8,11H,5-7H2,1-4H3,(H,18,19). The van der Waals surface area contributed by atoms with Crippen LogP contribution in [0.4, 0.5) is 5.82 Å². The molecule has 2 heterocycles. The molecule has 2 atom stereocenters. The Morgan fingerprint density at radius 2 is 2.05 bits per heavy atom. The third-order valence-electron chi connectivity index (χ3n) is 4.15. The summed E-state index contributed by atoms with van der Waals surface area (Å²) in [5.41, 5.74) is 1.70. The van der Waals surface area contributed by atoms with Gasteiger partial charge in [0.2, 0.25) is 0 Å². The quantitative estimate of drug-likeness (QED) is 0.907. The largest absolute Gasteiger partial charge is 0.478 e. The molecule has 0 radical (unpaired) electrons. The number of aromatic nitrogens is 2. The first kappa shape index (κ1) is 13.8. The molecule has 5 nitrogen and oxygen atoms in total. The van der Waals surface area contributed by atoms with E-state index in [0.717, 1.165) is 19.3 Å². The summed E-state index contributed by atoms with van der Waals surface area (Å²) in [6.07, 6.45) is 3.16. The number of nitrogens with zero attached hydrogens (tertiary/aromatic N) is 3. The van der Waals surface area contributed by atoms with Crippen LogP contribution >= 0.6 is 0 Å². The van der Waals surface area contributed by atoms with Crippen LogP contribution in [0.1, 0.15) is 54.7 Å². The lowest BCUT2D eigenvalue weighted by molar-refractivity contribution is 0.0696. The predicted octanol–water partition coefficient (Wildman–Crippen LogP) is 2.56. The molecule has 1 N–H and O–H groups in total. The van der Waals surface area contributed by atoms with E-state index in [-0.39, 0.29) is 0 Å². The molecule has 0 bridgehead atoms. The summed E-state index contributed by atoms with van der Waals surface area (Å²) in [7, 11) is 0. The van der Waals surface area contributed by atoms with E-state index in [4.69, 9.17) is 0 Å². The van der Waals surface area contributed by atoms with E-state index in [1.807, 2.05) is 0 Å². The number of hydrogen-bond donors (Lipinski definition) is 1. The van der Waals surface area contributed by atoms with Gasteiger partial charge in [0.05, 0.1) is 5.69 Å². The van der Waals surface area contributed by atoms with E-state index >= 15 is 0 Å². The molecule has 1 aliphatic rings. The highest BCUT2D eigenvalue weighted by molar-refractivity contribution is 5.95. The van der Waals surface area contributed by atoms with Crippen molar-refractivity contribution in [3.8, 4) is 0 Å². The van der Waals surface area contributed by atoms with Crippen LogP contribution < -0.4 is 4.90 Å². The fourth-order valence-electron chi connectivity index (χ4n) is 2.89. The van der Waals surface area contributed by atoms with Crippen LogP contribution in [0.25, 0.3) is 0 Å². The average Bonchev–Trinajstić information content (AvgIpc) is 2.73. The van der Waals surface area contributed by atoms with E-state index in [0.29, 0.717) is 34.7 Å². The Kier molecular flexibility index (Phi) is 3.73. The molecule has 0 aliphatic carbocycles. The second-order valence-corrected chi connectivity index (χ2v) is 5.31. The fraction of sp³-hybridized carbons (Fsp3) is 0.643. The summed E-state index contributed by atoms with van der Waals surface area (Å²) in [5, 5.41) is 17.8. The van der Waals surface area contributed by atoms with Crippen molar-refractivity contribution >= 4 is 11.8 Å². The molecule has 0 amide bonds. The lowest BCUT2D eigenvalue weighted by Gasteiger charge is -2.30. The summed E-state index contributed by atoms with van der Waals surface area (Å²) in [4.78, 5) is 13.7. The predicted molar refractivity (Wildman–Crippen MR) is 73.7 cm³/mol. The van der Waals surface area contributed by atoms with E-state index in [1.54, 1.807) is 13.8 Å². The number of hydrogen-bond acceptors (Lipinski definition) is 4. The Hall–Kier alpha value is -1.65. The van der Waals surface area contributed by atoms with Gasteiger partial charge in [-0.2, -0.15) is 5.10 Å². The molecule has 1 saturated heterocycles. The van der Waals surface area contributed by atoms with Crippen LogP contribution in [0, 0.1) is 13.8 Å². The highest BCUT2D eigenvalue weighted by atomic mass is 16.4. The van der Waals surface area contributed by atoms with Crippen molar-refractivity contribution in [2.24, 2.45) is 0 Å². The van der Waals surface area contributed by atoms with Crippen LogP contribution in [-0.4, -0.2) is 33.4 Å². The normalized spacial score (nSPS) is 22.8. The van der Waals surface area contributed by atoms with Crippen LogP contribution in [0.15, 0.2) is 0 Å². The highest BCUT2D eigenvalue weighted by Crippen LogP contribution is 2.33. The van der Waals surface area contributed by atoms with Crippen molar-refractivity contribution < 1.29 is 9.90 Å². The lowest BCUT2D eigenvalue weighted by atomic mass is 10.1. The highest BCUT2D eigenvalue weighted by Gasteiger charge is 2.34. The van der Waals surface area contributed by atoms with Crippen molar-refractivity contribution in [3.05, 3.63) is 16.8 Å². The van der Waals surface area contributed by atoms with Gasteiger partial charge >= 0.3 is 5.97 Å². The first-order valence-electron chi connectivity index (χ1n) is 6.82. The van der Waals surface area contributed by atoms with Gasteiger partial charge in [-0.15, -0.1) is 5.10 Å². The van der Waals surface area contributed by atoms with Gasteiger partial charge in [-0.25, -0.2) is 4.79 Å². The first-order chi connectivity index (χ1) is 8.97. The molecule has 5 heteroatoms. The maximum Gasteiger partial charge on any atom is 0.339 e. The molecular weight excluding hydrogens is 242 g/mol. The average molecular weight is 263 g/mol. The number of carbonyl (C=O) groups is 1. The van der Waals surface area contributed by atoms with E-state index in [2.05, 4.69) is 28.9 Å². The van der Waals surface area contributed by atoms with Crippen molar-refractivity contribution in [2.75, 3.05) is 4.90 Å². The number of carboxylic acid groups (broad SMARTS) is 1. The summed E-state index contributed by atoms with van der Waals surface area (Å²) in [6.45, 7) is 7.85. The molecule has 19 heavy (non-hydrogen) atoms. The van der Waals surface area contributed by atoms with Crippen molar-refractivity contribution in [1.29, 1.82) is 0 Å². The topological polar surface area (TPSA) is 66.3 Å². The van der Waals surface area contributed by atoms with Gasteiger partial charge in [-0.05, 0) is 45.6 Å². The molecule has 104 valence electrons. The van der Waals surface area contributed by atoms with Gasteiger partial charge < -0.3 is 10.0 Å². The van der Waals surface area contributed by atoms with Crippen LogP contribution in [0.5, 0.6) is 0 Å². The van der Waals surface area contributed by atoms with Gasteiger partial charge in [0.25, 0.3) is 0 Å². The SMILES string of the molecule is CCC1CCC(C)N1c1nnc(C)c(C)c1C(=O)O. The zero-order chi connectivity index (χ0) is 14.2. The molecule has 1 aliphatic heterocycles. The monoisotopic (exact) mass is 263 g/mol. The number of rotatable bonds is 3. The summed E-state index contributed by atoms with van der Waals surface area (Å²) in [5.74, 6) is -0.382. The number of anilines is 1. The van der Waals surface area contributed by atoms with Gasteiger partial charge in [0.1, 0.15) is 5.56 Å². The maximum absolute atomic E-state index is 11.6. The Morgan fingerprint density at radius 1 is 1.37 bits per heavy atom. The number of aryl methyl sites for hydroxylation is 1. The third-order valence-corrected chi connectivity index (χ3v) is 4.15. The Labute approximate surface area is 113 Å². The maximum atomic E-state index is 11.6. The minimum absolute atomic E-state index is 0.305. The number of aromatic carboxylic acids is 1. The molecule has 2 rings (SSSR count). The zero-order valence-corrected chi connectivity index (χ0v) is 12.0. The lowest BCUT2D eigenvalue weighted by Crippen LogP contribution is -2.36. The summed E-state index contributed by atoms with van der Waals surface area (Å²) >= 11 is 0. The number of carboxylic acids is 1. The minimum Gasteiger partial charge on any atom is -0.478 e. The Bertz CT molecular complexity index is 502. The van der Waals surface area contributed by atoms with Gasteiger partial charge in [-0.1, -0.05) is 6.92 Å². The van der Waals surface area contributed by atoms with Crippen molar-refractivity contribution in [2.45, 2.75) is 59.0 Å². The second kappa shape index (κ2) is 5.15. The fourth-order valence-corrected chi connectivity index (χ4v) is 2.89. The van der Waals surface area contributed by atoms with Gasteiger partial charge in [-0.3, -0.25) is 0 Å². The summed E-state index contributed by atoms with van der Waals surface area (Å²) < 4.78 is 0. The molecular formula is C14H21N3O2. The molecule has 2 unspecified atom stereocenters. The zero-order valence-electron chi connectivity index (χ0n) is 12.0. The third kappa shape index (κ3) is 2.29. The van der Waals surface area contributed by atoms with Crippen LogP contribution in [-0.2, 0) is 0 Å². The minimum atomic E-state index is -0.917. The molecule has 1 aromatic heterocycles. The second-order valence-electron chi connectivity index (χ2n) is 5.31. The smallest absolute Gasteiger partial charge is 0.339 e.